The molecule has 2 rings (SSSR count). The molecule has 2 N–H and O–H groups in total. The number of aryl methyl sites for hydroxylation is 2. The summed E-state index contributed by atoms with van der Waals surface area (Å²) in [5.74, 6) is 0.262. The van der Waals surface area contributed by atoms with E-state index < -0.39 is 0 Å². The van der Waals surface area contributed by atoms with Gasteiger partial charge < -0.3 is 10.4 Å². The second kappa shape index (κ2) is 7.06. The number of nitrogens with zero attached hydrogens (tertiary/aromatic N) is 1. The lowest BCUT2D eigenvalue weighted by Gasteiger charge is -2.14. The molecule has 0 spiro atoms. The van der Waals surface area contributed by atoms with Crippen LogP contribution in [-0.4, -0.2) is 16.1 Å². The van der Waals surface area contributed by atoms with Gasteiger partial charge in [0.05, 0.1) is 5.69 Å². The van der Waals surface area contributed by atoms with E-state index >= 15 is 0 Å². The lowest BCUT2D eigenvalue weighted by molar-refractivity contribution is 0.448. The molecule has 0 aliphatic rings. The summed E-state index contributed by atoms with van der Waals surface area (Å²) in [6.07, 6.45) is 2.12. The molecule has 106 valence electrons. The maximum absolute atomic E-state index is 9.75. The molecule has 2 aromatic rings. The molecule has 0 saturated carbocycles. The van der Waals surface area contributed by atoms with Gasteiger partial charge in [-0.15, -0.1) is 0 Å². The van der Waals surface area contributed by atoms with Crippen LogP contribution < -0.4 is 5.32 Å². The van der Waals surface area contributed by atoms with Crippen LogP contribution in [0.5, 0.6) is 5.75 Å². The Morgan fingerprint density at radius 2 is 1.90 bits per heavy atom. The van der Waals surface area contributed by atoms with Gasteiger partial charge in [0.25, 0.3) is 0 Å². The smallest absolute Gasteiger partial charge is 0.138 e. The third-order valence-corrected chi connectivity index (χ3v) is 3.42. The van der Waals surface area contributed by atoms with Crippen LogP contribution in [0.2, 0.25) is 0 Å². The summed E-state index contributed by atoms with van der Waals surface area (Å²) in [5.41, 5.74) is 3.01. The average molecular weight is 270 g/mol. The third kappa shape index (κ3) is 4.35. The van der Waals surface area contributed by atoms with Crippen molar-refractivity contribution < 1.29 is 5.11 Å². The molecule has 0 saturated heterocycles. The Hall–Kier alpha value is -1.87. The van der Waals surface area contributed by atoms with E-state index in [0.29, 0.717) is 12.6 Å². The highest BCUT2D eigenvalue weighted by atomic mass is 16.3. The Balaban J connectivity index is 1.80. The van der Waals surface area contributed by atoms with E-state index in [-0.39, 0.29) is 5.75 Å². The van der Waals surface area contributed by atoms with E-state index in [4.69, 9.17) is 0 Å². The first-order chi connectivity index (χ1) is 9.65. The third-order valence-electron chi connectivity index (χ3n) is 3.42. The largest absolute Gasteiger partial charge is 0.506 e. The Morgan fingerprint density at radius 3 is 2.65 bits per heavy atom. The molecule has 3 nitrogen and oxygen atoms in total. The summed E-state index contributed by atoms with van der Waals surface area (Å²) in [6.45, 7) is 4.70. The highest BCUT2D eigenvalue weighted by molar-refractivity contribution is 5.27. The standard InChI is InChI=1S/C17H22N2O/c1-13(8-10-15-6-4-3-5-7-15)18-12-16-17(20)11-9-14(2)19-16/h3-7,9,11,13,18,20H,8,10,12H2,1-2H3. The van der Waals surface area contributed by atoms with Crippen LogP contribution in [0.3, 0.4) is 0 Å². The molecule has 1 heterocycles. The monoisotopic (exact) mass is 270 g/mol. The van der Waals surface area contributed by atoms with Crippen molar-refractivity contribution in [3.8, 4) is 5.75 Å². The topological polar surface area (TPSA) is 45.1 Å². The van der Waals surface area contributed by atoms with Crippen molar-refractivity contribution in [3.05, 3.63) is 59.4 Å². The predicted octanol–water partition coefficient (Wildman–Crippen LogP) is 3.21. The molecule has 1 unspecified atom stereocenters. The first-order valence-electron chi connectivity index (χ1n) is 7.08. The number of hydrogen-bond acceptors (Lipinski definition) is 3. The fraction of sp³-hybridized carbons (Fsp3) is 0.353. The van der Waals surface area contributed by atoms with E-state index in [1.54, 1.807) is 6.07 Å². The van der Waals surface area contributed by atoms with Crippen LogP contribution in [0.15, 0.2) is 42.5 Å². The quantitative estimate of drug-likeness (QED) is 0.847. The van der Waals surface area contributed by atoms with Crippen molar-refractivity contribution >= 4 is 0 Å². The van der Waals surface area contributed by atoms with Crippen LogP contribution >= 0.6 is 0 Å². The molecule has 3 heteroatoms. The van der Waals surface area contributed by atoms with E-state index in [1.807, 2.05) is 19.1 Å². The molecule has 0 radical (unpaired) electrons. The summed E-state index contributed by atoms with van der Waals surface area (Å²) in [4.78, 5) is 4.35. The number of rotatable bonds is 6. The zero-order chi connectivity index (χ0) is 14.4. The van der Waals surface area contributed by atoms with E-state index in [1.165, 1.54) is 5.56 Å². The lowest BCUT2D eigenvalue weighted by Crippen LogP contribution is -2.26. The van der Waals surface area contributed by atoms with E-state index in [9.17, 15) is 5.11 Å². The zero-order valence-electron chi connectivity index (χ0n) is 12.1. The molecular formula is C17H22N2O. The van der Waals surface area contributed by atoms with Crippen LogP contribution in [0.1, 0.15) is 30.3 Å². The molecule has 0 aliphatic carbocycles. The number of hydrogen-bond donors (Lipinski definition) is 2. The fourth-order valence-electron chi connectivity index (χ4n) is 2.13. The first-order valence-corrected chi connectivity index (χ1v) is 7.08. The highest BCUT2D eigenvalue weighted by Gasteiger charge is 2.06. The summed E-state index contributed by atoms with van der Waals surface area (Å²) in [7, 11) is 0. The van der Waals surface area contributed by atoms with Gasteiger partial charge in [-0.2, -0.15) is 0 Å². The first kappa shape index (κ1) is 14.5. The number of aromatic hydroxyl groups is 1. The van der Waals surface area contributed by atoms with Crippen molar-refractivity contribution in [2.75, 3.05) is 0 Å². The van der Waals surface area contributed by atoms with Gasteiger partial charge in [-0.25, -0.2) is 0 Å². The van der Waals surface area contributed by atoms with Crippen LogP contribution in [0, 0.1) is 6.92 Å². The lowest BCUT2D eigenvalue weighted by atomic mass is 10.1. The molecule has 1 aromatic carbocycles. The summed E-state index contributed by atoms with van der Waals surface area (Å²) in [6, 6.07) is 14.4. The average Bonchev–Trinajstić information content (AvgIpc) is 2.47. The van der Waals surface area contributed by atoms with Gasteiger partial charge >= 0.3 is 0 Å². The number of pyridine rings is 1. The Labute approximate surface area is 120 Å². The van der Waals surface area contributed by atoms with Crippen molar-refractivity contribution in [2.45, 2.75) is 39.3 Å². The summed E-state index contributed by atoms with van der Waals surface area (Å²) in [5, 5.41) is 13.2. The second-order valence-electron chi connectivity index (χ2n) is 5.22. The van der Waals surface area contributed by atoms with Crippen LogP contribution in [0.25, 0.3) is 0 Å². The van der Waals surface area contributed by atoms with Gasteiger partial charge in [0, 0.05) is 18.3 Å². The summed E-state index contributed by atoms with van der Waals surface area (Å²) >= 11 is 0. The molecule has 0 bridgehead atoms. The molecule has 0 amide bonds. The molecule has 20 heavy (non-hydrogen) atoms. The van der Waals surface area contributed by atoms with E-state index in [2.05, 4.69) is 41.5 Å². The van der Waals surface area contributed by atoms with Gasteiger partial charge in [0.2, 0.25) is 0 Å². The number of benzene rings is 1. The van der Waals surface area contributed by atoms with Crippen molar-refractivity contribution in [1.29, 1.82) is 0 Å². The SMILES string of the molecule is Cc1ccc(O)c(CNC(C)CCc2ccccc2)n1. The minimum Gasteiger partial charge on any atom is -0.506 e. The van der Waals surface area contributed by atoms with Crippen molar-refractivity contribution in [3.63, 3.8) is 0 Å². The predicted molar refractivity (Wildman–Crippen MR) is 81.7 cm³/mol. The maximum Gasteiger partial charge on any atom is 0.138 e. The van der Waals surface area contributed by atoms with Crippen LogP contribution in [0.4, 0.5) is 0 Å². The molecule has 0 aliphatic heterocycles. The highest BCUT2D eigenvalue weighted by Crippen LogP contribution is 2.14. The fourth-order valence-corrected chi connectivity index (χ4v) is 2.13. The molecule has 1 aromatic heterocycles. The van der Waals surface area contributed by atoms with Crippen LogP contribution in [-0.2, 0) is 13.0 Å². The Kier molecular flexibility index (Phi) is 5.13. The number of aromatic nitrogens is 1. The van der Waals surface area contributed by atoms with Gasteiger partial charge in [-0.3, -0.25) is 4.98 Å². The minimum absolute atomic E-state index is 0.262. The summed E-state index contributed by atoms with van der Waals surface area (Å²) < 4.78 is 0. The van der Waals surface area contributed by atoms with Gasteiger partial charge in [-0.05, 0) is 44.4 Å². The van der Waals surface area contributed by atoms with Crippen molar-refractivity contribution in [2.24, 2.45) is 0 Å². The van der Waals surface area contributed by atoms with Gasteiger partial charge in [0.15, 0.2) is 0 Å². The molecule has 1 atom stereocenters. The minimum atomic E-state index is 0.262. The van der Waals surface area contributed by atoms with Crippen molar-refractivity contribution in [1.82, 2.24) is 10.3 Å². The van der Waals surface area contributed by atoms with Gasteiger partial charge in [0.1, 0.15) is 5.75 Å². The molecular weight excluding hydrogens is 248 g/mol. The van der Waals surface area contributed by atoms with Gasteiger partial charge in [-0.1, -0.05) is 30.3 Å². The maximum atomic E-state index is 9.75. The Bertz CT molecular complexity index is 540. The second-order valence-corrected chi connectivity index (χ2v) is 5.22. The number of nitrogens with one attached hydrogen (secondary N) is 1. The normalized spacial score (nSPS) is 12.3. The zero-order valence-corrected chi connectivity index (χ0v) is 12.1. The molecule has 0 fully saturated rings. The van der Waals surface area contributed by atoms with E-state index in [0.717, 1.165) is 24.2 Å². The Morgan fingerprint density at radius 1 is 1.15 bits per heavy atom.